The largest absolute Gasteiger partial charge is 0.517 e. The van der Waals surface area contributed by atoms with Crippen LogP contribution >= 0.6 is 0 Å². The van der Waals surface area contributed by atoms with Gasteiger partial charge in [0.25, 0.3) is 0 Å². The molecule has 0 heterocycles. The monoisotopic (exact) mass is 258 g/mol. The molecule has 1 nitrogen and oxygen atoms in total. The van der Waals surface area contributed by atoms with Crippen LogP contribution in [0.1, 0.15) is 0 Å². The van der Waals surface area contributed by atoms with Gasteiger partial charge in [0.1, 0.15) is 5.75 Å². The number of para-hydroxylation sites is 1. The summed E-state index contributed by atoms with van der Waals surface area (Å²) in [6.45, 7) is 0. The molecule has 2 heteroatoms. The molecule has 0 fully saturated rings. The van der Waals surface area contributed by atoms with E-state index in [1.165, 1.54) is 0 Å². The third-order valence-corrected chi connectivity index (χ3v) is 1.66. The van der Waals surface area contributed by atoms with Crippen LogP contribution in [0.5, 0.6) is 11.5 Å². The average molecular weight is 258 g/mol. The summed E-state index contributed by atoms with van der Waals surface area (Å²) in [4.78, 5) is 0. The molecule has 0 atom stereocenters. The van der Waals surface area contributed by atoms with E-state index in [2.05, 4.69) is 6.07 Å². The molecule has 2 rings (SSSR count). The summed E-state index contributed by atoms with van der Waals surface area (Å²) >= 11 is 0. The minimum Gasteiger partial charge on any atom is -0.517 e. The van der Waals surface area contributed by atoms with Crippen molar-refractivity contribution in [3.63, 3.8) is 0 Å². The van der Waals surface area contributed by atoms with E-state index >= 15 is 0 Å². The Balaban J connectivity index is 0.000000980. The summed E-state index contributed by atoms with van der Waals surface area (Å²) in [6.07, 6.45) is 0. The van der Waals surface area contributed by atoms with Crippen molar-refractivity contribution >= 4 is 0 Å². The zero-order valence-electron chi connectivity index (χ0n) is 7.68. The van der Waals surface area contributed by atoms with Gasteiger partial charge in [-0.1, -0.05) is 18.2 Å². The van der Waals surface area contributed by atoms with Crippen molar-refractivity contribution in [2.75, 3.05) is 0 Å². The predicted octanol–water partition coefficient (Wildman–Crippen LogP) is 3.28. The molecular weight excluding hydrogens is 249 g/mol. The average Bonchev–Trinajstić information content (AvgIpc) is 2.21. The fraction of sp³-hybridized carbons (Fsp3) is 0. The number of benzene rings is 2. The van der Waals surface area contributed by atoms with Crippen LogP contribution in [0.2, 0.25) is 0 Å². The molecule has 0 saturated carbocycles. The molecule has 0 aliphatic rings. The third-order valence-electron chi connectivity index (χ3n) is 1.66. The Morgan fingerprint density at radius 1 is 0.857 bits per heavy atom. The van der Waals surface area contributed by atoms with Crippen LogP contribution < -0.4 is 4.74 Å². The van der Waals surface area contributed by atoms with Gasteiger partial charge in [0.2, 0.25) is 0 Å². The van der Waals surface area contributed by atoms with Crippen molar-refractivity contribution in [3.05, 3.63) is 60.7 Å². The molecule has 1 radical (unpaired) electrons. The summed E-state index contributed by atoms with van der Waals surface area (Å²) in [5.41, 5.74) is 0. The predicted molar refractivity (Wildman–Crippen MR) is 51.8 cm³/mol. The van der Waals surface area contributed by atoms with Crippen molar-refractivity contribution in [2.24, 2.45) is 0 Å². The minimum absolute atomic E-state index is 0. The molecular formula is C12H9OY-. The van der Waals surface area contributed by atoms with E-state index < -0.39 is 0 Å². The van der Waals surface area contributed by atoms with Crippen LogP contribution in [0.4, 0.5) is 0 Å². The fourth-order valence-corrected chi connectivity index (χ4v) is 1.06. The summed E-state index contributed by atoms with van der Waals surface area (Å²) < 4.78 is 5.55. The standard InChI is InChI=1S/C12H9O.Y/c1-3-7-11(8-4-1)13-12-9-5-2-6-10-12;/h1-5,7-10H;/q-1;. The quantitative estimate of drug-likeness (QED) is 0.751. The number of ether oxygens (including phenoxy) is 1. The molecule has 0 aromatic heterocycles. The minimum atomic E-state index is 0. The second-order valence-corrected chi connectivity index (χ2v) is 2.65. The van der Waals surface area contributed by atoms with E-state index in [1.54, 1.807) is 0 Å². The van der Waals surface area contributed by atoms with Crippen LogP contribution in [-0.4, -0.2) is 0 Å². The first kappa shape index (κ1) is 11.4. The van der Waals surface area contributed by atoms with Crippen LogP contribution in [0.3, 0.4) is 0 Å². The summed E-state index contributed by atoms with van der Waals surface area (Å²) in [5.74, 6) is 1.66. The van der Waals surface area contributed by atoms with Crippen LogP contribution in [0.15, 0.2) is 54.6 Å². The van der Waals surface area contributed by atoms with Gasteiger partial charge in [-0.3, -0.25) is 0 Å². The molecule has 0 N–H and O–H groups in total. The van der Waals surface area contributed by atoms with Crippen molar-refractivity contribution in [2.45, 2.75) is 0 Å². The first-order valence-corrected chi connectivity index (χ1v) is 4.14. The van der Waals surface area contributed by atoms with Gasteiger partial charge in [0.15, 0.2) is 0 Å². The Kier molecular flexibility index (Phi) is 4.85. The number of hydrogen-bond acceptors (Lipinski definition) is 1. The van der Waals surface area contributed by atoms with E-state index in [0.29, 0.717) is 0 Å². The third kappa shape index (κ3) is 3.24. The van der Waals surface area contributed by atoms with Crippen molar-refractivity contribution in [3.8, 4) is 11.5 Å². The van der Waals surface area contributed by atoms with Gasteiger partial charge in [-0.2, -0.15) is 18.2 Å². The molecule has 0 saturated heterocycles. The Morgan fingerprint density at radius 3 is 2.21 bits per heavy atom. The smallest absolute Gasteiger partial charge is 0.110 e. The van der Waals surface area contributed by atoms with E-state index in [9.17, 15) is 0 Å². The number of rotatable bonds is 2. The zero-order valence-corrected chi connectivity index (χ0v) is 10.5. The first-order valence-electron chi connectivity index (χ1n) is 4.14. The Bertz CT molecular complexity index is 321. The summed E-state index contributed by atoms with van der Waals surface area (Å²) in [5, 5.41) is 0. The molecule has 0 bridgehead atoms. The molecule has 2 aromatic carbocycles. The second kappa shape index (κ2) is 5.95. The van der Waals surface area contributed by atoms with Crippen LogP contribution in [0.25, 0.3) is 0 Å². The number of hydrogen-bond donors (Lipinski definition) is 0. The molecule has 67 valence electrons. The maximum Gasteiger partial charge on any atom is 0.110 e. The van der Waals surface area contributed by atoms with Crippen molar-refractivity contribution in [1.29, 1.82) is 0 Å². The molecule has 0 aliphatic heterocycles. The molecule has 0 amide bonds. The normalized spacial score (nSPS) is 8.86. The molecule has 0 aliphatic carbocycles. The zero-order chi connectivity index (χ0) is 8.93. The van der Waals surface area contributed by atoms with Gasteiger partial charge in [-0.25, -0.2) is 0 Å². The topological polar surface area (TPSA) is 9.23 Å². The van der Waals surface area contributed by atoms with Crippen molar-refractivity contribution < 1.29 is 37.4 Å². The molecule has 2 aromatic rings. The molecule has 14 heavy (non-hydrogen) atoms. The van der Waals surface area contributed by atoms with Gasteiger partial charge in [-0.15, -0.1) is 12.1 Å². The van der Waals surface area contributed by atoms with Gasteiger partial charge in [0, 0.05) is 38.5 Å². The second-order valence-electron chi connectivity index (χ2n) is 2.65. The van der Waals surface area contributed by atoms with E-state index in [1.807, 2.05) is 54.6 Å². The maximum atomic E-state index is 5.55. The van der Waals surface area contributed by atoms with Gasteiger partial charge < -0.3 is 4.74 Å². The molecule has 0 spiro atoms. The fourth-order valence-electron chi connectivity index (χ4n) is 1.06. The van der Waals surface area contributed by atoms with Crippen molar-refractivity contribution in [1.82, 2.24) is 0 Å². The summed E-state index contributed by atoms with van der Waals surface area (Å²) in [7, 11) is 0. The van der Waals surface area contributed by atoms with E-state index in [0.717, 1.165) is 11.5 Å². The van der Waals surface area contributed by atoms with Gasteiger partial charge in [-0.05, 0) is 12.1 Å². The Labute approximate surface area is 109 Å². The molecule has 0 unspecified atom stereocenters. The van der Waals surface area contributed by atoms with Gasteiger partial charge in [0.05, 0.1) is 0 Å². The first-order chi connectivity index (χ1) is 6.45. The summed E-state index contributed by atoms with van der Waals surface area (Å²) in [6, 6.07) is 20.1. The maximum absolute atomic E-state index is 5.55. The Hall–Kier alpha value is -0.656. The SMILES string of the molecule is [Y].[c-]1cccc(Oc2ccccc2)c1. The van der Waals surface area contributed by atoms with Crippen LogP contribution in [-0.2, 0) is 32.7 Å². The van der Waals surface area contributed by atoms with E-state index in [-0.39, 0.29) is 32.7 Å². The Morgan fingerprint density at radius 2 is 1.57 bits per heavy atom. The van der Waals surface area contributed by atoms with Crippen LogP contribution in [0, 0.1) is 6.07 Å². The van der Waals surface area contributed by atoms with E-state index in [4.69, 9.17) is 4.74 Å². The van der Waals surface area contributed by atoms with Gasteiger partial charge >= 0.3 is 0 Å².